The summed E-state index contributed by atoms with van der Waals surface area (Å²) in [5.41, 5.74) is 1.13. The van der Waals surface area contributed by atoms with Gasteiger partial charge < -0.3 is 4.42 Å². The molecule has 1 aromatic heterocycles. The molecule has 26 heavy (non-hydrogen) atoms. The topological polar surface area (TPSA) is 26.0 Å². The van der Waals surface area contributed by atoms with Crippen LogP contribution in [-0.4, -0.2) is 4.98 Å². The summed E-state index contributed by atoms with van der Waals surface area (Å²) < 4.78 is 5.79. The Hall–Kier alpha value is -0.790. The monoisotopic (exact) mass is 369 g/mol. The first-order valence-corrected chi connectivity index (χ1v) is 10.6. The maximum absolute atomic E-state index is 5.79. The van der Waals surface area contributed by atoms with Crippen LogP contribution in [0.3, 0.4) is 0 Å². The number of nitrogens with zero attached hydrogens (tertiary/aromatic N) is 1. The van der Waals surface area contributed by atoms with Crippen LogP contribution in [0.25, 0.3) is 0 Å². The van der Waals surface area contributed by atoms with E-state index < -0.39 is 0 Å². The Morgan fingerprint density at radius 3 is 0.962 bits per heavy atom. The molecule has 0 atom stereocenters. The first-order chi connectivity index (χ1) is 11.6. The zero-order valence-electron chi connectivity index (χ0n) is 20.8. The van der Waals surface area contributed by atoms with Gasteiger partial charge in [-0.25, -0.2) is 4.98 Å². The van der Waals surface area contributed by atoms with E-state index in [-0.39, 0.29) is 0 Å². The maximum atomic E-state index is 5.79. The second-order valence-electron chi connectivity index (χ2n) is 9.96. The summed E-state index contributed by atoms with van der Waals surface area (Å²) in [7, 11) is 0. The summed E-state index contributed by atoms with van der Waals surface area (Å²) in [6.07, 6.45) is 0. The molecule has 0 amide bonds. The predicted octanol–water partition coefficient (Wildman–Crippen LogP) is 9.03. The van der Waals surface area contributed by atoms with Crippen molar-refractivity contribution in [3.63, 3.8) is 0 Å². The standard InChI is InChI=1S/C12H21NO.3C4H10/c1-7(2)10-11(8(3)4)14-12(13-10)9(5)6;3*1-4(2)3/h7-9H,1-6H3;3*4H,1-3H3. The summed E-state index contributed by atoms with van der Waals surface area (Å²) in [6, 6.07) is 0. The van der Waals surface area contributed by atoms with Gasteiger partial charge in [0.25, 0.3) is 0 Å². The molecular formula is C24H51NO. The summed E-state index contributed by atoms with van der Waals surface area (Å²) >= 11 is 0. The fraction of sp³-hybridized carbons (Fsp3) is 0.875. The Labute approximate surface area is 166 Å². The van der Waals surface area contributed by atoms with Crippen molar-refractivity contribution in [1.29, 1.82) is 0 Å². The molecule has 0 aliphatic carbocycles. The fourth-order valence-electron chi connectivity index (χ4n) is 1.44. The minimum absolute atomic E-state index is 0.375. The van der Waals surface area contributed by atoms with Gasteiger partial charge in [0.15, 0.2) is 5.89 Å². The molecule has 158 valence electrons. The Morgan fingerprint density at radius 1 is 0.500 bits per heavy atom. The van der Waals surface area contributed by atoms with Gasteiger partial charge in [0.2, 0.25) is 0 Å². The largest absolute Gasteiger partial charge is 0.445 e. The molecule has 0 aliphatic rings. The van der Waals surface area contributed by atoms with E-state index in [0.717, 1.165) is 35.1 Å². The van der Waals surface area contributed by atoms with Crippen LogP contribution in [0.2, 0.25) is 0 Å². The van der Waals surface area contributed by atoms with E-state index in [2.05, 4.69) is 109 Å². The summed E-state index contributed by atoms with van der Waals surface area (Å²) in [5, 5.41) is 0. The molecule has 0 saturated carbocycles. The van der Waals surface area contributed by atoms with Crippen LogP contribution in [0.4, 0.5) is 0 Å². The highest BCUT2D eigenvalue weighted by Crippen LogP contribution is 2.29. The summed E-state index contributed by atoms with van der Waals surface area (Å²) in [5.74, 6) is 5.68. The first-order valence-electron chi connectivity index (χ1n) is 10.6. The summed E-state index contributed by atoms with van der Waals surface area (Å²) in [6.45, 7) is 32.3. The van der Waals surface area contributed by atoms with E-state index in [4.69, 9.17) is 4.42 Å². The Balaban J connectivity index is -0.000000362. The van der Waals surface area contributed by atoms with Crippen LogP contribution >= 0.6 is 0 Å². The molecule has 2 heteroatoms. The number of hydrogen-bond donors (Lipinski definition) is 0. The predicted molar refractivity (Wildman–Crippen MR) is 120 cm³/mol. The molecule has 0 spiro atoms. The number of oxazole rings is 1. The molecule has 0 bridgehead atoms. The minimum atomic E-state index is 0.375. The van der Waals surface area contributed by atoms with Crippen molar-refractivity contribution in [1.82, 2.24) is 4.98 Å². The quantitative estimate of drug-likeness (QED) is 0.531. The molecule has 1 heterocycles. The average molecular weight is 370 g/mol. The van der Waals surface area contributed by atoms with E-state index in [9.17, 15) is 0 Å². The van der Waals surface area contributed by atoms with Crippen molar-refractivity contribution in [3.05, 3.63) is 17.3 Å². The van der Waals surface area contributed by atoms with E-state index in [1.54, 1.807) is 0 Å². The third-order valence-electron chi connectivity index (χ3n) is 2.26. The summed E-state index contributed by atoms with van der Waals surface area (Å²) in [4.78, 5) is 4.56. The molecule has 0 unspecified atom stereocenters. The van der Waals surface area contributed by atoms with Crippen LogP contribution in [0, 0.1) is 17.8 Å². The number of rotatable bonds is 3. The maximum Gasteiger partial charge on any atom is 0.197 e. The highest BCUT2D eigenvalue weighted by Gasteiger charge is 2.19. The lowest BCUT2D eigenvalue weighted by atomic mass is 10.0. The molecule has 0 aromatic carbocycles. The second kappa shape index (κ2) is 16.4. The van der Waals surface area contributed by atoms with Gasteiger partial charge in [0.05, 0.1) is 5.69 Å². The molecular weight excluding hydrogens is 318 g/mol. The third-order valence-corrected chi connectivity index (χ3v) is 2.26. The van der Waals surface area contributed by atoms with Crippen molar-refractivity contribution < 1.29 is 4.42 Å². The zero-order valence-corrected chi connectivity index (χ0v) is 20.8. The molecule has 2 nitrogen and oxygen atoms in total. The van der Waals surface area contributed by atoms with Crippen LogP contribution in [-0.2, 0) is 0 Å². The van der Waals surface area contributed by atoms with E-state index in [0.29, 0.717) is 17.8 Å². The van der Waals surface area contributed by atoms with Crippen LogP contribution in [0.1, 0.15) is 139 Å². The van der Waals surface area contributed by atoms with Gasteiger partial charge >= 0.3 is 0 Å². The SMILES string of the molecule is CC(C)C.CC(C)C.CC(C)C.CC(C)c1nc(C(C)C)c(C(C)C)o1. The average Bonchev–Trinajstić information content (AvgIpc) is 2.81. The Kier molecular flexibility index (Phi) is 18.9. The first kappa shape index (κ1) is 30.0. The van der Waals surface area contributed by atoms with Gasteiger partial charge in [-0.1, -0.05) is 104 Å². The van der Waals surface area contributed by atoms with Gasteiger partial charge in [-0.2, -0.15) is 0 Å². The van der Waals surface area contributed by atoms with E-state index in [1.807, 2.05) is 0 Å². The Bertz CT molecular complexity index is 364. The third kappa shape index (κ3) is 21.3. The van der Waals surface area contributed by atoms with E-state index in [1.165, 1.54) is 0 Å². The van der Waals surface area contributed by atoms with Crippen LogP contribution < -0.4 is 0 Å². The molecule has 0 aliphatic heterocycles. The van der Waals surface area contributed by atoms with E-state index >= 15 is 0 Å². The van der Waals surface area contributed by atoms with Gasteiger partial charge in [-0.05, 0) is 23.7 Å². The van der Waals surface area contributed by atoms with Crippen LogP contribution in [0.5, 0.6) is 0 Å². The van der Waals surface area contributed by atoms with Gasteiger partial charge in [0.1, 0.15) is 5.76 Å². The Morgan fingerprint density at radius 2 is 0.808 bits per heavy atom. The molecule has 0 N–H and O–H groups in total. The highest BCUT2D eigenvalue weighted by atomic mass is 16.4. The molecule has 0 saturated heterocycles. The molecule has 1 rings (SSSR count). The van der Waals surface area contributed by atoms with Crippen LogP contribution in [0.15, 0.2) is 4.42 Å². The lowest BCUT2D eigenvalue weighted by Gasteiger charge is -2.05. The van der Waals surface area contributed by atoms with Crippen molar-refractivity contribution in [2.45, 2.75) is 122 Å². The van der Waals surface area contributed by atoms with Crippen molar-refractivity contribution in [3.8, 4) is 0 Å². The zero-order chi connectivity index (χ0) is 21.6. The lowest BCUT2D eigenvalue weighted by Crippen LogP contribution is -1.95. The van der Waals surface area contributed by atoms with Gasteiger partial charge in [-0.15, -0.1) is 0 Å². The minimum Gasteiger partial charge on any atom is -0.445 e. The smallest absolute Gasteiger partial charge is 0.197 e. The molecule has 1 aromatic rings. The van der Waals surface area contributed by atoms with Gasteiger partial charge in [-0.3, -0.25) is 0 Å². The van der Waals surface area contributed by atoms with Crippen molar-refractivity contribution >= 4 is 0 Å². The molecule has 0 radical (unpaired) electrons. The lowest BCUT2D eigenvalue weighted by molar-refractivity contribution is 0.420. The van der Waals surface area contributed by atoms with Gasteiger partial charge in [0, 0.05) is 11.8 Å². The van der Waals surface area contributed by atoms with Crippen molar-refractivity contribution in [2.75, 3.05) is 0 Å². The fourth-order valence-corrected chi connectivity index (χ4v) is 1.44. The van der Waals surface area contributed by atoms with Crippen molar-refractivity contribution in [2.24, 2.45) is 17.8 Å². The second-order valence-corrected chi connectivity index (χ2v) is 9.96. The number of aromatic nitrogens is 1. The highest BCUT2D eigenvalue weighted by molar-refractivity contribution is 5.17. The normalized spacial score (nSPS) is 10.7. The number of hydrogen-bond acceptors (Lipinski definition) is 2. The molecule has 0 fully saturated rings.